The van der Waals surface area contributed by atoms with Crippen LogP contribution in [0.3, 0.4) is 0 Å². The van der Waals surface area contributed by atoms with Crippen molar-refractivity contribution in [2.45, 2.75) is 76.4 Å². The van der Waals surface area contributed by atoms with Gasteiger partial charge in [-0.15, -0.1) is 0 Å². The van der Waals surface area contributed by atoms with Crippen LogP contribution in [-0.4, -0.2) is 48.7 Å². The summed E-state index contributed by atoms with van der Waals surface area (Å²) in [5.41, 5.74) is -0.546. The lowest BCUT2D eigenvalue weighted by molar-refractivity contribution is -0.140. The molecule has 1 aliphatic carbocycles. The molecule has 0 aromatic rings. The second-order valence-corrected chi connectivity index (χ2v) is 7.23. The lowest BCUT2D eigenvalue weighted by Crippen LogP contribution is -2.59. The van der Waals surface area contributed by atoms with E-state index in [4.69, 9.17) is 4.74 Å². The van der Waals surface area contributed by atoms with Gasteiger partial charge in [-0.05, 0) is 52.6 Å². The number of methoxy groups -OCH3 is 1. The molecule has 21 heavy (non-hydrogen) atoms. The zero-order valence-electron chi connectivity index (χ0n) is 14.0. The average Bonchev–Trinajstić information content (AvgIpc) is 2.54. The van der Waals surface area contributed by atoms with Crippen molar-refractivity contribution in [1.82, 2.24) is 10.2 Å². The fourth-order valence-electron chi connectivity index (χ4n) is 3.73. The standard InChI is InChI=1S/C17H32N2O2/c1-16(2,21-3)15(20)18-14-17(10-6-4-7-11-17)19-12-8-5-9-13-19/h4-14H2,1-3H3,(H,18,20). The van der Waals surface area contributed by atoms with E-state index in [2.05, 4.69) is 10.2 Å². The monoisotopic (exact) mass is 296 g/mol. The molecule has 1 saturated heterocycles. The van der Waals surface area contributed by atoms with Gasteiger partial charge in [-0.2, -0.15) is 0 Å². The zero-order valence-corrected chi connectivity index (χ0v) is 14.0. The van der Waals surface area contributed by atoms with Gasteiger partial charge in [0, 0.05) is 19.2 Å². The first-order chi connectivity index (χ1) is 10.0. The third-order valence-corrected chi connectivity index (χ3v) is 5.45. The minimum absolute atomic E-state index is 0.00644. The summed E-state index contributed by atoms with van der Waals surface area (Å²) in [5.74, 6) is 0.00644. The van der Waals surface area contributed by atoms with Gasteiger partial charge >= 0.3 is 0 Å². The maximum absolute atomic E-state index is 12.3. The highest BCUT2D eigenvalue weighted by Crippen LogP contribution is 2.35. The number of likely N-dealkylation sites (tertiary alicyclic amines) is 1. The van der Waals surface area contributed by atoms with Crippen molar-refractivity contribution in [2.24, 2.45) is 0 Å². The van der Waals surface area contributed by atoms with E-state index in [0.29, 0.717) is 0 Å². The molecule has 1 heterocycles. The molecule has 2 aliphatic rings. The number of hydrogen-bond acceptors (Lipinski definition) is 3. The molecule has 0 radical (unpaired) electrons. The van der Waals surface area contributed by atoms with Gasteiger partial charge < -0.3 is 10.1 Å². The van der Waals surface area contributed by atoms with E-state index in [9.17, 15) is 4.79 Å². The largest absolute Gasteiger partial charge is 0.369 e. The molecule has 0 atom stereocenters. The van der Waals surface area contributed by atoms with Crippen LogP contribution in [-0.2, 0) is 9.53 Å². The molecule has 1 N–H and O–H groups in total. The summed E-state index contributed by atoms with van der Waals surface area (Å²) in [7, 11) is 1.60. The van der Waals surface area contributed by atoms with Gasteiger partial charge in [0.2, 0.25) is 0 Å². The summed E-state index contributed by atoms with van der Waals surface area (Å²) in [5, 5.41) is 3.18. The zero-order chi connectivity index (χ0) is 15.3. The second kappa shape index (κ2) is 7.10. The van der Waals surface area contributed by atoms with Crippen LogP contribution in [0.4, 0.5) is 0 Å². The van der Waals surface area contributed by atoms with Crippen LogP contribution >= 0.6 is 0 Å². The molecule has 4 nitrogen and oxygen atoms in total. The Kier molecular flexibility index (Phi) is 5.67. The maximum Gasteiger partial charge on any atom is 0.251 e. The lowest BCUT2D eigenvalue weighted by atomic mass is 9.79. The molecule has 2 fully saturated rings. The van der Waals surface area contributed by atoms with E-state index in [1.807, 2.05) is 13.8 Å². The maximum atomic E-state index is 12.3. The SMILES string of the molecule is COC(C)(C)C(=O)NCC1(N2CCCCC2)CCCCC1. The number of ether oxygens (including phenoxy) is 1. The molecular weight excluding hydrogens is 264 g/mol. The van der Waals surface area contributed by atoms with Gasteiger partial charge in [0.25, 0.3) is 5.91 Å². The number of piperidine rings is 1. The van der Waals surface area contributed by atoms with Crippen molar-refractivity contribution >= 4 is 5.91 Å². The van der Waals surface area contributed by atoms with Crippen molar-refractivity contribution in [1.29, 1.82) is 0 Å². The normalized spacial score (nSPS) is 23.8. The van der Waals surface area contributed by atoms with Crippen LogP contribution < -0.4 is 5.32 Å². The Balaban J connectivity index is 2.01. The number of amides is 1. The minimum Gasteiger partial charge on any atom is -0.369 e. The van der Waals surface area contributed by atoms with Gasteiger partial charge in [-0.25, -0.2) is 0 Å². The first-order valence-corrected chi connectivity index (χ1v) is 8.59. The third kappa shape index (κ3) is 3.98. The molecule has 122 valence electrons. The molecule has 1 amide bonds. The van der Waals surface area contributed by atoms with E-state index in [1.54, 1.807) is 7.11 Å². The molecule has 1 aliphatic heterocycles. The summed E-state index contributed by atoms with van der Waals surface area (Å²) >= 11 is 0. The van der Waals surface area contributed by atoms with Crippen molar-refractivity contribution < 1.29 is 9.53 Å². The van der Waals surface area contributed by atoms with Crippen LogP contribution in [0, 0.1) is 0 Å². The van der Waals surface area contributed by atoms with Gasteiger partial charge in [0.1, 0.15) is 5.60 Å². The van der Waals surface area contributed by atoms with Crippen LogP contribution in [0.1, 0.15) is 65.2 Å². The molecule has 0 spiro atoms. The number of nitrogens with zero attached hydrogens (tertiary/aromatic N) is 1. The van der Waals surface area contributed by atoms with E-state index in [0.717, 1.165) is 6.54 Å². The predicted octanol–water partition coefficient (Wildman–Crippen LogP) is 2.72. The molecule has 0 unspecified atom stereocenters. The van der Waals surface area contributed by atoms with E-state index in [1.165, 1.54) is 64.5 Å². The van der Waals surface area contributed by atoms with Crippen molar-refractivity contribution in [3.05, 3.63) is 0 Å². The van der Waals surface area contributed by atoms with E-state index >= 15 is 0 Å². The third-order valence-electron chi connectivity index (χ3n) is 5.45. The van der Waals surface area contributed by atoms with Crippen molar-refractivity contribution in [3.63, 3.8) is 0 Å². The van der Waals surface area contributed by atoms with Crippen LogP contribution in [0.2, 0.25) is 0 Å². The fourth-order valence-corrected chi connectivity index (χ4v) is 3.73. The summed E-state index contributed by atoms with van der Waals surface area (Å²) in [6, 6.07) is 0. The van der Waals surface area contributed by atoms with Crippen LogP contribution in [0.25, 0.3) is 0 Å². The Hall–Kier alpha value is -0.610. The Morgan fingerprint density at radius 2 is 1.67 bits per heavy atom. The second-order valence-electron chi connectivity index (χ2n) is 7.23. The van der Waals surface area contributed by atoms with Crippen molar-refractivity contribution in [2.75, 3.05) is 26.7 Å². The van der Waals surface area contributed by atoms with Gasteiger partial charge in [0.15, 0.2) is 0 Å². The smallest absolute Gasteiger partial charge is 0.251 e. The minimum atomic E-state index is -0.738. The van der Waals surface area contributed by atoms with Crippen LogP contribution in [0.15, 0.2) is 0 Å². The Bertz CT molecular complexity index is 343. The number of hydrogen-bond donors (Lipinski definition) is 1. The molecule has 0 aromatic heterocycles. The highest BCUT2D eigenvalue weighted by Gasteiger charge is 2.39. The lowest BCUT2D eigenvalue weighted by Gasteiger charge is -2.48. The number of nitrogens with one attached hydrogen (secondary N) is 1. The van der Waals surface area contributed by atoms with E-state index < -0.39 is 5.60 Å². The first-order valence-electron chi connectivity index (χ1n) is 8.59. The van der Waals surface area contributed by atoms with Crippen molar-refractivity contribution in [3.8, 4) is 0 Å². The Morgan fingerprint density at radius 3 is 2.24 bits per heavy atom. The molecular formula is C17H32N2O2. The van der Waals surface area contributed by atoms with Gasteiger partial charge in [-0.1, -0.05) is 25.7 Å². The van der Waals surface area contributed by atoms with Crippen LogP contribution in [0.5, 0.6) is 0 Å². The average molecular weight is 296 g/mol. The predicted molar refractivity (Wildman–Crippen MR) is 85.3 cm³/mol. The first kappa shape index (κ1) is 16.8. The molecule has 1 saturated carbocycles. The Morgan fingerprint density at radius 1 is 1.10 bits per heavy atom. The highest BCUT2D eigenvalue weighted by atomic mass is 16.5. The molecule has 0 aromatic carbocycles. The van der Waals surface area contributed by atoms with E-state index in [-0.39, 0.29) is 11.4 Å². The summed E-state index contributed by atoms with van der Waals surface area (Å²) < 4.78 is 5.29. The highest BCUT2D eigenvalue weighted by molar-refractivity contribution is 5.84. The molecule has 0 bridgehead atoms. The summed E-state index contributed by atoms with van der Waals surface area (Å²) in [4.78, 5) is 15.0. The summed E-state index contributed by atoms with van der Waals surface area (Å²) in [6.45, 7) is 6.83. The van der Waals surface area contributed by atoms with Gasteiger partial charge in [-0.3, -0.25) is 9.69 Å². The quantitative estimate of drug-likeness (QED) is 0.848. The number of rotatable bonds is 5. The molecule has 4 heteroatoms. The summed E-state index contributed by atoms with van der Waals surface area (Å²) in [6.07, 6.45) is 10.3. The van der Waals surface area contributed by atoms with Gasteiger partial charge in [0.05, 0.1) is 0 Å². The Labute approximate surface area is 129 Å². The number of carbonyl (C=O) groups excluding carboxylic acids is 1. The number of carbonyl (C=O) groups is 1. The molecule has 2 rings (SSSR count). The topological polar surface area (TPSA) is 41.6 Å². The fraction of sp³-hybridized carbons (Fsp3) is 0.941.